The lowest BCUT2D eigenvalue weighted by molar-refractivity contribution is -0.135. The van der Waals surface area contributed by atoms with Crippen molar-refractivity contribution in [3.8, 4) is 0 Å². The number of piperidine rings is 1. The molecule has 2 unspecified atom stereocenters. The maximum atomic E-state index is 12.6. The topological polar surface area (TPSA) is 75.4 Å². The zero-order chi connectivity index (χ0) is 16.4. The van der Waals surface area contributed by atoms with Crippen molar-refractivity contribution in [2.75, 3.05) is 18.4 Å². The van der Waals surface area contributed by atoms with Crippen molar-refractivity contribution < 1.29 is 9.59 Å². The molecule has 1 aromatic carbocycles. The predicted octanol–water partition coefficient (Wildman–Crippen LogP) is 2.90. The molecule has 24 heavy (non-hydrogen) atoms. The van der Waals surface area contributed by atoms with E-state index in [2.05, 4.69) is 5.32 Å². The Morgan fingerprint density at radius 1 is 1.42 bits per heavy atom. The van der Waals surface area contributed by atoms with Gasteiger partial charge in [-0.1, -0.05) is 11.6 Å². The Bertz CT molecular complexity index is 629. The zero-order valence-corrected chi connectivity index (χ0v) is 15.6. The summed E-state index contributed by atoms with van der Waals surface area (Å²) < 4.78 is 0. The van der Waals surface area contributed by atoms with Gasteiger partial charge in [-0.2, -0.15) is 0 Å². The summed E-state index contributed by atoms with van der Waals surface area (Å²) >= 11 is 7.37. The number of rotatable bonds is 3. The molecule has 3 N–H and O–H groups in total. The minimum absolute atomic E-state index is 0. The Kier molecular flexibility index (Phi) is 6.80. The molecular formula is C16H21Cl2N3O2S. The second kappa shape index (κ2) is 8.43. The quantitative estimate of drug-likeness (QED) is 0.832. The van der Waals surface area contributed by atoms with Crippen molar-refractivity contribution in [2.24, 2.45) is 5.73 Å². The number of carbonyl (C=O) groups excluding carboxylic acids is 2. The molecule has 1 aromatic rings. The van der Waals surface area contributed by atoms with E-state index in [0.717, 1.165) is 30.7 Å². The molecule has 0 aromatic heterocycles. The summed E-state index contributed by atoms with van der Waals surface area (Å²) in [4.78, 5) is 27.7. The fourth-order valence-electron chi connectivity index (χ4n) is 3.11. The Labute approximate surface area is 157 Å². The third kappa shape index (κ3) is 4.17. The van der Waals surface area contributed by atoms with Gasteiger partial charge in [0.2, 0.25) is 11.8 Å². The van der Waals surface area contributed by atoms with Crippen LogP contribution in [0, 0.1) is 0 Å². The van der Waals surface area contributed by atoms with Gasteiger partial charge in [0, 0.05) is 35.5 Å². The number of carbonyl (C=O) groups is 2. The molecule has 0 aliphatic carbocycles. The molecule has 2 atom stereocenters. The highest BCUT2D eigenvalue weighted by Crippen LogP contribution is 2.38. The van der Waals surface area contributed by atoms with Gasteiger partial charge in [-0.05, 0) is 37.5 Å². The van der Waals surface area contributed by atoms with Crippen LogP contribution >= 0.6 is 35.8 Å². The maximum Gasteiger partial charge on any atom is 0.238 e. The van der Waals surface area contributed by atoms with E-state index < -0.39 is 5.25 Å². The van der Waals surface area contributed by atoms with Crippen molar-refractivity contribution in [1.29, 1.82) is 0 Å². The molecule has 0 spiro atoms. The predicted molar refractivity (Wildman–Crippen MR) is 100.0 cm³/mol. The summed E-state index contributed by atoms with van der Waals surface area (Å²) in [5.74, 6) is -0.121. The standard InChI is InChI=1S/C16H20ClN3O2S.ClH/c17-10-4-5-13-12(7-10)19-16(22)14(23-13)8-15(21)20-6-2-1-3-11(20)9-18;/h4-5,7,11,14H,1-3,6,8-9,18H2,(H,19,22);1H. The van der Waals surface area contributed by atoms with Gasteiger partial charge in [0.25, 0.3) is 0 Å². The number of likely N-dealkylation sites (tertiary alicyclic amines) is 1. The van der Waals surface area contributed by atoms with Crippen LogP contribution < -0.4 is 11.1 Å². The number of nitrogens with two attached hydrogens (primary N) is 1. The number of hydrogen-bond acceptors (Lipinski definition) is 4. The molecule has 2 amide bonds. The third-order valence-electron chi connectivity index (χ3n) is 4.34. The third-order valence-corrected chi connectivity index (χ3v) is 5.85. The average Bonchev–Trinajstić information content (AvgIpc) is 2.55. The van der Waals surface area contributed by atoms with Crippen molar-refractivity contribution in [1.82, 2.24) is 4.90 Å². The van der Waals surface area contributed by atoms with E-state index in [9.17, 15) is 9.59 Å². The van der Waals surface area contributed by atoms with Crippen molar-refractivity contribution >= 4 is 53.3 Å². The second-order valence-corrected chi connectivity index (χ2v) is 7.59. The first kappa shape index (κ1) is 19.4. The molecule has 2 heterocycles. The lowest BCUT2D eigenvalue weighted by atomic mass is 10.0. The molecule has 1 saturated heterocycles. The number of hydrogen-bond donors (Lipinski definition) is 2. The first-order chi connectivity index (χ1) is 11.1. The number of nitrogens with zero attached hydrogens (tertiary/aromatic N) is 1. The number of benzene rings is 1. The number of fused-ring (bicyclic) bond motifs is 1. The Morgan fingerprint density at radius 2 is 2.21 bits per heavy atom. The van der Waals surface area contributed by atoms with Crippen molar-refractivity contribution in [2.45, 2.75) is 41.9 Å². The van der Waals surface area contributed by atoms with E-state index in [1.807, 2.05) is 11.0 Å². The van der Waals surface area contributed by atoms with Crippen LogP contribution in [0.1, 0.15) is 25.7 Å². The summed E-state index contributed by atoms with van der Waals surface area (Å²) in [5.41, 5.74) is 6.50. The van der Waals surface area contributed by atoms with E-state index in [-0.39, 0.29) is 36.7 Å². The smallest absolute Gasteiger partial charge is 0.238 e. The van der Waals surface area contributed by atoms with Crippen molar-refractivity contribution in [3.63, 3.8) is 0 Å². The molecular weight excluding hydrogens is 369 g/mol. The van der Waals surface area contributed by atoms with Crippen LogP contribution in [0.2, 0.25) is 5.02 Å². The fourth-order valence-corrected chi connectivity index (χ4v) is 4.36. The van der Waals surface area contributed by atoms with Gasteiger partial charge in [0.1, 0.15) is 0 Å². The Morgan fingerprint density at radius 3 is 2.96 bits per heavy atom. The first-order valence-electron chi connectivity index (χ1n) is 7.85. The van der Waals surface area contributed by atoms with Crippen molar-refractivity contribution in [3.05, 3.63) is 23.2 Å². The number of anilines is 1. The maximum absolute atomic E-state index is 12.6. The second-order valence-electron chi connectivity index (χ2n) is 5.91. The van der Waals surface area contributed by atoms with Crippen LogP contribution in [0.3, 0.4) is 0 Å². The van der Waals surface area contributed by atoms with Crippen LogP contribution in [0.15, 0.2) is 23.1 Å². The van der Waals surface area contributed by atoms with E-state index in [4.69, 9.17) is 17.3 Å². The van der Waals surface area contributed by atoms with E-state index >= 15 is 0 Å². The minimum atomic E-state index is -0.406. The molecule has 0 saturated carbocycles. The fraction of sp³-hybridized carbons (Fsp3) is 0.500. The van der Waals surface area contributed by atoms with Crippen LogP contribution in [0.4, 0.5) is 5.69 Å². The molecule has 2 aliphatic rings. The molecule has 1 fully saturated rings. The highest BCUT2D eigenvalue weighted by molar-refractivity contribution is 8.01. The summed E-state index contributed by atoms with van der Waals surface area (Å²) in [6, 6.07) is 5.51. The summed E-state index contributed by atoms with van der Waals surface area (Å²) in [6.45, 7) is 1.23. The SMILES string of the molecule is Cl.NCC1CCCCN1C(=O)CC1Sc2ccc(Cl)cc2NC1=O. The molecule has 3 rings (SSSR count). The van der Waals surface area contributed by atoms with Crippen LogP contribution in [0.5, 0.6) is 0 Å². The molecule has 0 bridgehead atoms. The van der Waals surface area contributed by atoms with Crippen LogP contribution in [0.25, 0.3) is 0 Å². The van der Waals surface area contributed by atoms with Gasteiger partial charge in [-0.3, -0.25) is 9.59 Å². The van der Waals surface area contributed by atoms with E-state index in [1.54, 1.807) is 12.1 Å². The monoisotopic (exact) mass is 389 g/mol. The highest BCUT2D eigenvalue weighted by Gasteiger charge is 2.33. The Balaban J connectivity index is 0.00000208. The Hall–Kier alpha value is -0.950. The van der Waals surface area contributed by atoms with E-state index in [1.165, 1.54) is 11.8 Å². The lowest BCUT2D eigenvalue weighted by Gasteiger charge is -2.36. The van der Waals surface area contributed by atoms with Gasteiger partial charge in [-0.15, -0.1) is 24.2 Å². The van der Waals surface area contributed by atoms with Gasteiger partial charge in [-0.25, -0.2) is 0 Å². The average molecular weight is 390 g/mol. The normalized spacial score (nSPS) is 23.1. The molecule has 0 radical (unpaired) electrons. The van der Waals surface area contributed by atoms with Gasteiger partial charge < -0.3 is 16.0 Å². The lowest BCUT2D eigenvalue weighted by Crippen LogP contribution is -2.48. The molecule has 132 valence electrons. The van der Waals surface area contributed by atoms with Gasteiger partial charge >= 0.3 is 0 Å². The first-order valence-corrected chi connectivity index (χ1v) is 9.11. The van der Waals surface area contributed by atoms with Gasteiger partial charge in [0.15, 0.2) is 0 Å². The largest absolute Gasteiger partial charge is 0.338 e. The number of thioether (sulfide) groups is 1. The molecule has 8 heteroatoms. The number of nitrogens with one attached hydrogen (secondary N) is 1. The van der Waals surface area contributed by atoms with E-state index in [0.29, 0.717) is 17.3 Å². The molecule has 2 aliphatic heterocycles. The minimum Gasteiger partial charge on any atom is -0.338 e. The number of halogens is 2. The highest BCUT2D eigenvalue weighted by atomic mass is 35.5. The zero-order valence-electron chi connectivity index (χ0n) is 13.2. The van der Waals surface area contributed by atoms with Crippen LogP contribution in [-0.4, -0.2) is 41.1 Å². The summed E-state index contributed by atoms with van der Waals surface area (Å²) in [6.07, 6.45) is 3.27. The van der Waals surface area contributed by atoms with Crippen LogP contribution in [-0.2, 0) is 9.59 Å². The summed E-state index contributed by atoms with van der Waals surface area (Å²) in [7, 11) is 0. The summed E-state index contributed by atoms with van der Waals surface area (Å²) in [5, 5.41) is 3.02. The van der Waals surface area contributed by atoms with Gasteiger partial charge in [0.05, 0.1) is 10.9 Å². The number of amides is 2. The molecule has 5 nitrogen and oxygen atoms in total.